The molecule has 6 heteroatoms. The number of hydrogen-bond acceptors (Lipinski definition) is 5. The van der Waals surface area contributed by atoms with Crippen molar-refractivity contribution in [1.82, 2.24) is 10.2 Å². The molecule has 1 amide bonds. The fourth-order valence-electron chi connectivity index (χ4n) is 3.82. The van der Waals surface area contributed by atoms with Crippen molar-refractivity contribution in [1.29, 1.82) is 0 Å². The highest BCUT2D eigenvalue weighted by Gasteiger charge is 2.27. The Bertz CT molecular complexity index is 1000. The topological polar surface area (TPSA) is 67.3 Å². The zero-order valence-corrected chi connectivity index (χ0v) is 18.0. The first-order valence-corrected chi connectivity index (χ1v) is 10.8. The number of nitrogens with one attached hydrogen (secondary N) is 1. The zero-order valence-electron chi connectivity index (χ0n) is 18.0. The summed E-state index contributed by atoms with van der Waals surface area (Å²) in [6, 6.07) is 19.7. The summed E-state index contributed by atoms with van der Waals surface area (Å²) < 4.78 is 5.45. The van der Waals surface area contributed by atoms with Crippen LogP contribution in [0.2, 0.25) is 0 Å². The van der Waals surface area contributed by atoms with E-state index in [9.17, 15) is 4.79 Å². The second-order valence-corrected chi connectivity index (χ2v) is 7.87. The Labute approximate surface area is 183 Å². The fraction of sp³-hybridized carbons (Fsp3) is 0.320. The first-order chi connectivity index (χ1) is 15.1. The molecule has 3 aromatic rings. The first-order valence-electron chi connectivity index (χ1n) is 10.8. The molecule has 0 spiro atoms. The maximum absolute atomic E-state index is 12.8. The van der Waals surface area contributed by atoms with Crippen LogP contribution in [0.3, 0.4) is 0 Å². The molecule has 0 bridgehead atoms. The van der Waals surface area contributed by atoms with Crippen molar-refractivity contribution in [2.45, 2.75) is 26.7 Å². The number of hydrogen-bond donors (Lipinski definition) is 1. The van der Waals surface area contributed by atoms with Crippen LogP contribution in [0.4, 0.5) is 11.5 Å². The Morgan fingerprint density at radius 2 is 1.84 bits per heavy atom. The Kier molecular flexibility index (Phi) is 6.46. The van der Waals surface area contributed by atoms with E-state index in [1.807, 2.05) is 43.3 Å². The number of amides is 1. The molecule has 1 fully saturated rings. The van der Waals surface area contributed by atoms with E-state index < -0.39 is 0 Å². The molecule has 0 saturated carbocycles. The number of benzene rings is 2. The van der Waals surface area contributed by atoms with Gasteiger partial charge in [0, 0.05) is 24.3 Å². The standard InChI is InChI=1S/C25H28N4O2/c1-3-31-22-12-10-21(11-13-22)26-25(30)20-5-4-16-29(17-20)24-15-14-23(27-28-24)19-8-6-18(2)7-9-19/h6-15,20H,3-5,16-17H2,1-2H3,(H,26,30). The lowest BCUT2D eigenvalue weighted by Crippen LogP contribution is -2.41. The predicted molar refractivity (Wildman–Crippen MR) is 123 cm³/mol. The van der Waals surface area contributed by atoms with Gasteiger partial charge < -0.3 is 15.0 Å². The molecular weight excluding hydrogens is 388 g/mol. The molecule has 2 heterocycles. The van der Waals surface area contributed by atoms with E-state index in [1.165, 1.54) is 5.56 Å². The van der Waals surface area contributed by atoms with Crippen molar-refractivity contribution in [3.05, 3.63) is 66.2 Å². The molecule has 160 valence electrons. The van der Waals surface area contributed by atoms with E-state index >= 15 is 0 Å². The fourth-order valence-corrected chi connectivity index (χ4v) is 3.82. The van der Waals surface area contributed by atoms with Crippen LogP contribution in [0.5, 0.6) is 5.75 Å². The van der Waals surface area contributed by atoms with Gasteiger partial charge in [-0.05, 0) is 63.1 Å². The molecule has 4 rings (SSSR count). The normalized spacial score (nSPS) is 16.1. The predicted octanol–water partition coefficient (Wildman–Crippen LogP) is 4.71. The average molecular weight is 417 g/mol. The van der Waals surface area contributed by atoms with Gasteiger partial charge in [0.1, 0.15) is 5.75 Å². The molecule has 0 aliphatic carbocycles. The van der Waals surface area contributed by atoms with Gasteiger partial charge in [0.25, 0.3) is 0 Å². The Hall–Kier alpha value is -3.41. The van der Waals surface area contributed by atoms with Crippen LogP contribution < -0.4 is 15.0 Å². The van der Waals surface area contributed by atoms with Gasteiger partial charge in [0.05, 0.1) is 18.2 Å². The summed E-state index contributed by atoms with van der Waals surface area (Å²) in [7, 11) is 0. The molecule has 1 aliphatic heterocycles. The Morgan fingerprint density at radius 1 is 1.06 bits per heavy atom. The van der Waals surface area contributed by atoms with Crippen LogP contribution in [-0.2, 0) is 4.79 Å². The molecule has 31 heavy (non-hydrogen) atoms. The van der Waals surface area contributed by atoms with Crippen LogP contribution >= 0.6 is 0 Å². The quantitative estimate of drug-likeness (QED) is 0.631. The van der Waals surface area contributed by atoms with Crippen molar-refractivity contribution >= 4 is 17.4 Å². The molecule has 1 N–H and O–H groups in total. The molecule has 1 atom stereocenters. The minimum Gasteiger partial charge on any atom is -0.494 e. The van der Waals surface area contributed by atoms with Crippen molar-refractivity contribution in [2.24, 2.45) is 5.92 Å². The lowest BCUT2D eigenvalue weighted by Gasteiger charge is -2.32. The van der Waals surface area contributed by atoms with E-state index in [0.717, 1.165) is 47.9 Å². The number of anilines is 2. The molecule has 1 aliphatic rings. The summed E-state index contributed by atoms with van der Waals surface area (Å²) >= 11 is 0. The van der Waals surface area contributed by atoms with Gasteiger partial charge in [-0.15, -0.1) is 10.2 Å². The monoisotopic (exact) mass is 416 g/mol. The van der Waals surface area contributed by atoms with E-state index in [2.05, 4.69) is 51.6 Å². The lowest BCUT2D eigenvalue weighted by molar-refractivity contribution is -0.120. The van der Waals surface area contributed by atoms with Crippen LogP contribution in [-0.4, -0.2) is 35.8 Å². The maximum Gasteiger partial charge on any atom is 0.229 e. The highest BCUT2D eigenvalue weighted by atomic mass is 16.5. The number of ether oxygens (including phenoxy) is 1. The molecule has 1 aromatic heterocycles. The molecule has 0 radical (unpaired) electrons. The van der Waals surface area contributed by atoms with E-state index in [1.54, 1.807) is 0 Å². The van der Waals surface area contributed by atoms with Crippen LogP contribution in [0.1, 0.15) is 25.3 Å². The van der Waals surface area contributed by atoms with Gasteiger partial charge in [0.2, 0.25) is 5.91 Å². The van der Waals surface area contributed by atoms with Gasteiger partial charge in [-0.25, -0.2) is 0 Å². The van der Waals surface area contributed by atoms with Crippen LogP contribution in [0, 0.1) is 12.8 Å². The number of carbonyl (C=O) groups excluding carboxylic acids is 1. The van der Waals surface area contributed by atoms with E-state index in [-0.39, 0.29) is 11.8 Å². The van der Waals surface area contributed by atoms with Gasteiger partial charge in [-0.3, -0.25) is 4.79 Å². The number of nitrogens with zero attached hydrogens (tertiary/aromatic N) is 3. The van der Waals surface area contributed by atoms with Gasteiger partial charge in [0.15, 0.2) is 5.82 Å². The van der Waals surface area contributed by atoms with Crippen molar-refractivity contribution in [2.75, 3.05) is 29.9 Å². The number of aromatic nitrogens is 2. The lowest BCUT2D eigenvalue weighted by atomic mass is 9.97. The summed E-state index contributed by atoms with van der Waals surface area (Å²) in [6.45, 7) is 6.16. The Balaban J connectivity index is 1.38. The number of piperidine rings is 1. The summed E-state index contributed by atoms with van der Waals surface area (Å²) in [4.78, 5) is 15.0. The second kappa shape index (κ2) is 9.60. The SMILES string of the molecule is CCOc1ccc(NC(=O)C2CCCN(c3ccc(-c4ccc(C)cc4)nn3)C2)cc1. The number of rotatable bonds is 6. The maximum atomic E-state index is 12.8. The molecular formula is C25H28N4O2. The number of aryl methyl sites for hydroxylation is 1. The second-order valence-electron chi connectivity index (χ2n) is 7.87. The third-order valence-corrected chi connectivity index (χ3v) is 5.55. The number of carbonyl (C=O) groups is 1. The van der Waals surface area contributed by atoms with Crippen molar-refractivity contribution in [3.8, 4) is 17.0 Å². The minimum absolute atomic E-state index is 0.0399. The smallest absolute Gasteiger partial charge is 0.229 e. The highest BCUT2D eigenvalue weighted by molar-refractivity contribution is 5.93. The zero-order chi connectivity index (χ0) is 21.6. The molecule has 6 nitrogen and oxygen atoms in total. The minimum atomic E-state index is -0.0844. The largest absolute Gasteiger partial charge is 0.494 e. The molecule has 1 saturated heterocycles. The Morgan fingerprint density at radius 3 is 2.52 bits per heavy atom. The van der Waals surface area contributed by atoms with Gasteiger partial charge >= 0.3 is 0 Å². The summed E-state index contributed by atoms with van der Waals surface area (Å²) in [5.74, 6) is 1.57. The van der Waals surface area contributed by atoms with Crippen LogP contribution in [0.15, 0.2) is 60.7 Å². The summed E-state index contributed by atoms with van der Waals surface area (Å²) in [5.41, 5.74) is 3.91. The average Bonchev–Trinajstić information content (AvgIpc) is 2.81. The third-order valence-electron chi connectivity index (χ3n) is 5.55. The molecule has 1 unspecified atom stereocenters. The van der Waals surface area contributed by atoms with Gasteiger partial charge in [-0.1, -0.05) is 29.8 Å². The van der Waals surface area contributed by atoms with Crippen molar-refractivity contribution < 1.29 is 9.53 Å². The summed E-state index contributed by atoms with van der Waals surface area (Å²) in [6.07, 6.45) is 1.82. The van der Waals surface area contributed by atoms with Crippen molar-refractivity contribution in [3.63, 3.8) is 0 Å². The van der Waals surface area contributed by atoms with Gasteiger partial charge in [-0.2, -0.15) is 0 Å². The summed E-state index contributed by atoms with van der Waals surface area (Å²) in [5, 5.41) is 11.9. The van der Waals surface area contributed by atoms with Crippen LogP contribution in [0.25, 0.3) is 11.3 Å². The van der Waals surface area contributed by atoms with E-state index in [4.69, 9.17) is 4.74 Å². The van der Waals surface area contributed by atoms with E-state index in [0.29, 0.717) is 13.2 Å². The first kappa shape index (κ1) is 20.8. The highest BCUT2D eigenvalue weighted by Crippen LogP contribution is 2.25. The molecule has 2 aromatic carbocycles. The third kappa shape index (κ3) is 5.20.